The second kappa shape index (κ2) is 12.2. The van der Waals surface area contributed by atoms with Crippen LogP contribution in [0.15, 0.2) is 91.3 Å². The van der Waals surface area contributed by atoms with Gasteiger partial charge in [0.2, 0.25) is 5.69 Å². The molecule has 0 atom stereocenters. The van der Waals surface area contributed by atoms with Crippen LogP contribution >= 0.6 is 12.4 Å². The molecule has 1 aliphatic rings. The molecule has 4 heterocycles. The quantitative estimate of drug-likeness (QED) is 0.219. The maximum atomic E-state index is 13.3. The predicted molar refractivity (Wildman–Crippen MR) is 157 cm³/mol. The molecule has 0 bridgehead atoms. The number of piperazine rings is 1. The largest absolute Gasteiger partial charge is 0.618 e. The highest BCUT2D eigenvalue weighted by atomic mass is 35.5. The molecule has 0 radical (unpaired) electrons. The molecular formula is C30H26ClFN6O3. The highest BCUT2D eigenvalue weighted by molar-refractivity contribution is 6.02. The van der Waals surface area contributed by atoms with Crippen molar-refractivity contribution in [1.29, 1.82) is 0 Å². The van der Waals surface area contributed by atoms with Gasteiger partial charge in [0, 0.05) is 61.1 Å². The normalized spacial score (nSPS) is 13.0. The van der Waals surface area contributed by atoms with E-state index in [1.165, 1.54) is 30.3 Å². The third-order valence-electron chi connectivity index (χ3n) is 6.67. The Morgan fingerprint density at radius 3 is 2.51 bits per heavy atom. The molecule has 6 rings (SSSR count). The lowest BCUT2D eigenvalue weighted by Crippen LogP contribution is -2.43. The molecule has 9 nitrogen and oxygen atoms in total. The standard InChI is InChI=1S/C30H25FN6O3.ClH/c31-21-6-4-20(5-7-21)26-2-1-3-27(37(26)39)30(38)35-22-8-10-23(11-9-22)40-28-12-13-33-25-19-34-29(18-24(25)28)36-16-14-32-15-17-36;/h1-13,18-19,32H,14-17H2,(H,35,38);1H. The molecule has 208 valence electrons. The van der Waals surface area contributed by atoms with Crippen molar-refractivity contribution >= 4 is 40.7 Å². The Labute approximate surface area is 241 Å². The van der Waals surface area contributed by atoms with Crippen LogP contribution < -0.4 is 25.0 Å². The number of nitrogens with zero attached hydrogens (tertiary/aromatic N) is 4. The molecule has 0 saturated carbocycles. The Hall–Kier alpha value is -4.80. The molecule has 0 unspecified atom stereocenters. The van der Waals surface area contributed by atoms with Crippen molar-refractivity contribution in [3.05, 3.63) is 108 Å². The van der Waals surface area contributed by atoms with Crippen molar-refractivity contribution < 1.29 is 18.7 Å². The zero-order valence-corrected chi connectivity index (χ0v) is 22.6. The molecule has 5 aromatic rings. The van der Waals surface area contributed by atoms with Crippen molar-refractivity contribution in [2.45, 2.75) is 0 Å². The first-order valence-electron chi connectivity index (χ1n) is 12.8. The van der Waals surface area contributed by atoms with Gasteiger partial charge in [-0.05, 0) is 66.7 Å². The number of rotatable bonds is 6. The number of benzene rings is 2. The molecule has 1 amide bonds. The molecule has 1 aliphatic heterocycles. The molecule has 2 N–H and O–H groups in total. The number of carbonyl (C=O) groups is 1. The fraction of sp³-hybridized carbons (Fsp3) is 0.133. The number of hydrogen-bond acceptors (Lipinski definition) is 7. The molecule has 0 spiro atoms. The van der Waals surface area contributed by atoms with Gasteiger partial charge in [-0.2, -0.15) is 4.73 Å². The Kier molecular flexibility index (Phi) is 8.23. The maximum absolute atomic E-state index is 13.3. The summed E-state index contributed by atoms with van der Waals surface area (Å²) in [6.45, 7) is 3.58. The third kappa shape index (κ3) is 6.03. The third-order valence-corrected chi connectivity index (χ3v) is 6.67. The maximum Gasteiger partial charge on any atom is 0.321 e. The minimum Gasteiger partial charge on any atom is -0.618 e. The zero-order chi connectivity index (χ0) is 27.5. The van der Waals surface area contributed by atoms with Crippen LogP contribution in [0.1, 0.15) is 10.5 Å². The number of ether oxygens (including phenoxy) is 1. The van der Waals surface area contributed by atoms with Gasteiger partial charge in [-0.3, -0.25) is 9.78 Å². The molecular weight excluding hydrogens is 547 g/mol. The number of halogens is 2. The van der Waals surface area contributed by atoms with E-state index in [9.17, 15) is 14.4 Å². The van der Waals surface area contributed by atoms with Gasteiger partial charge in [0.15, 0.2) is 0 Å². The van der Waals surface area contributed by atoms with E-state index >= 15 is 0 Å². The smallest absolute Gasteiger partial charge is 0.321 e. The Balaban J connectivity index is 0.00000337. The fourth-order valence-electron chi connectivity index (χ4n) is 4.59. The van der Waals surface area contributed by atoms with Gasteiger partial charge < -0.3 is 25.5 Å². The summed E-state index contributed by atoms with van der Waals surface area (Å²) in [5, 5.41) is 19.8. The van der Waals surface area contributed by atoms with Crippen LogP contribution in [0, 0.1) is 11.0 Å². The summed E-state index contributed by atoms with van der Waals surface area (Å²) < 4.78 is 20.0. The lowest BCUT2D eigenvalue weighted by Gasteiger charge is -2.28. The van der Waals surface area contributed by atoms with E-state index in [0.29, 0.717) is 27.5 Å². The second-order valence-corrected chi connectivity index (χ2v) is 9.28. The zero-order valence-electron chi connectivity index (χ0n) is 21.8. The van der Waals surface area contributed by atoms with Crippen molar-refractivity contribution in [3.63, 3.8) is 0 Å². The Morgan fingerprint density at radius 2 is 1.76 bits per heavy atom. The molecule has 2 aromatic carbocycles. The number of fused-ring (bicyclic) bond motifs is 1. The number of nitrogens with one attached hydrogen (secondary N) is 2. The van der Waals surface area contributed by atoms with Crippen LogP contribution in [0.4, 0.5) is 15.9 Å². The topological polar surface area (TPSA) is 106 Å². The predicted octanol–water partition coefficient (Wildman–Crippen LogP) is 4.95. The van der Waals surface area contributed by atoms with Crippen molar-refractivity contribution in [2.75, 3.05) is 36.4 Å². The Morgan fingerprint density at radius 1 is 1.00 bits per heavy atom. The van der Waals surface area contributed by atoms with E-state index in [-0.39, 0.29) is 23.8 Å². The van der Waals surface area contributed by atoms with E-state index in [1.54, 1.807) is 54.9 Å². The first-order chi connectivity index (χ1) is 19.5. The van der Waals surface area contributed by atoms with E-state index in [1.807, 2.05) is 6.07 Å². The average molecular weight is 573 g/mol. The minimum atomic E-state index is -0.569. The van der Waals surface area contributed by atoms with Gasteiger partial charge in [0.1, 0.15) is 23.1 Å². The van der Waals surface area contributed by atoms with Crippen LogP contribution in [-0.4, -0.2) is 42.1 Å². The highest BCUT2D eigenvalue weighted by Gasteiger charge is 2.20. The van der Waals surface area contributed by atoms with Crippen molar-refractivity contribution in [3.8, 4) is 22.8 Å². The van der Waals surface area contributed by atoms with E-state index in [4.69, 9.17) is 4.74 Å². The molecule has 1 saturated heterocycles. The van der Waals surface area contributed by atoms with Crippen LogP contribution in [0.3, 0.4) is 0 Å². The van der Waals surface area contributed by atoms with E-state index < -0.39 is 11.7 Å². The summed E-state index contributed by atoms with van der Waals surface area (Å²) >= 11 is 0. The fourth-order valence-corrected chi connectivity index (χ4v) is 4.59. The monoisotopic (exact) mass is 572 g/mol. The average Bonchev–Trinajstić information content (AvgIpc) is 2.99. The number of hydrogen-bond donors (Lipinski definition) is 2. The van der Waals surface area contributed by atoms with E-state index in [0.717, 1.165) is 42.9 Å². The van der Waals surface area contributed by atoms with Gasteiger partial charge in [-0.1, -0.05) is 0 Å². The number of pyridine rings is 3. The molecule has 41 heavy (non-hydrogen) atoms. The second-order valence-electron chi connectivity index (χ2n) is 9.28. The number of aromatic nitrogens is 3. The summed E-state index contributed by atoms with van der Waals surface area (Å²) in [6, 6.07) is 20.8. The van der Waals surface area contributed by atoms with Crippen LogP contribution in [-0.2, 0) is 0 Å². The summed E-state index contributed by atoms with van der Waals surface area (Å²) in [5.41, 5.74) is 1.89. The Bertz CT molecular complexity index is 1680. The van der Waals surface area contributed by atoms with Gasteiger partial charge in [0.25, 0.3) is 5.69 Å². The number of carbonyl (C=O) groups excluding carboxylic acids is 1. The molecule has 0 aliphatic carbocycles. The molecule has 1 fully saturated rings. The van der Waals surface area contributed by atoms with Gasteiger partial charge in [-0.25, -0.2) is 9.37 Å². The first kappa shape index (κ1) is 27.8. The minimum absolute atomic E-state index is 0. The van der Waals surface area contributed by atoms with Gasteiger partial charge in [-0.15, -0.1) is 12.4 Å². The molecule has 11 heteroatoms. The van der Waals surface area contributed by atoms with Crippen molar-refractivity contribution in [2.24, 2.45) is 0 Å². The summed E-state index contributed by atoms with van der Waals surface area (Å²) in [4.78, 5) is 24.1. The lowest BCUT2D eigenvalue weighted by molar-refractivity contribution is -0.595. The highest BCUT2D eigenvalue weighted by Crippen LogP contribution is 2.31. The SMILES string of the molecule is Cl.O=C(Nc1ccc(Oc2ccnc3cnc(N4CCNCC4)cc23)cc1)c1cccc(-c2ccc(F)cc2)[n+]1[O-]. The lowest BCUT2D eigenvalue weighted by atomic mass is 10.1. The van der Waals surface area contributed by atoms with Gasteiger partial charge in [0.05, 0.1) is 11.7 Å². The van der Waals surface area contributed by atoms with Crippen LogP contribution in [0.5, 0.6) is 11.5 Å². The van der Waals surface area contributed by atoms with Crippen LogP contribution in [0.2, 0.25) is 0 Å². The first-order valence-corrected chi connectivity index (χ1v) is 12.8. The summed E-state index contributed by atoms with van der Waals surface area (Å²) in [6.07, 6.45) is 3.43. The number of anilines is 2. The van der Waals surface area contributed by atoms with Crippen LogP contribution in [0.25, 0.3) is 22.2 Å². The number of amides is 1. The van der Waals surface area contributed by atoms with Gasteiger partial charge >= 0.3 is 5.91 Å². The summed E-state index contributed by atoms with van der Waals surface area (Å²) in [5.74, 6) is 1.12. The summed E-state index contributed by atoms with van der Waals surface area (Å²) in [7, 11) is 0. The molecule has 3 aromatic heterocycles. The van der Waals surface area contributed by atoms with E-state index in [2.05, 4.69) is 25.5 Å². The van der Waals surface area contributed by atoms with Crippen molar-refractivity contribution in [1.82, 2.24) is 15.3 Å².